The zero-order valence-electron chi connectivity index (χ0n) is 20.3. The largest absolute Gasteiger partial charge is 0.496 e. The van der Waals surface area contributed by atoms with Crippen LogP contribution >= 0.6 is 0 Å². The van der Waals surface area contributed by atoms with Crippen LogP contribution in [-0.2, 0) is 25.7 Å². The average molecular weight is 441 g/mol. The molecule has 2 aliphatic rings. The molecule has 0 aliphatic heterocycles. The van der Waals surface area contributed by atoms with Gasteiger partial charge in [0.2, 0.25) is 0 Å². The second kappa shape index (κ2) is 9.69. The van der Waals surface area contributed by atoms with E-state index in [1.54, 1.807) is 0 Å². The predicted octanol–water partition coefficient (Wildman–Crippen LogP) is 6.93. The number of nitrogens with one attached hydrogen (secondary N) is 1. The lowest BCUT2D eigenvalue weighted by Crippen LogP contribution is -2.32. The lowest BCUT2D eigenvalue weighted by Gasteiger charge is -2.34. The normalized spacial score (nSPS) is 19.6. The van der Waals surface area contributed by atoms with E-state index >= 15 is 0 Å². The van der Waals surface area contributed by atoms with E-state index in [0.29, 0.717) is 6.04 Å². The van der Waals surface area contributed by atoms with Crippen molar-refractivity contribution in [1.82, 2.24) is 10.3 Å². The smallest absolute Gasteiger partial charge is 0.127 e. The Bertz CT molecular complexity index is 1100. The number of aryl methyl sites for hydroxylation is 4. The van der Waals surface area contributed by atoms with Crippen LogP contribution in [0.4, 0.5) is 0 Å². The minimum atomic E-state index is 0.286. The lowest BCUT2D eigenvalue weighted by atomic mass is 9.84. The number of pyridine rings is 1. The number of hydrogen-bond donors (Lipinski definition) is 1. The summed E-state index contributed by atoms with van der Waals surface area (Å²) in [6.45, 7) is 4.46. The molecule has 3 nitrogen and oxygen atoms in total. The molecule has 0 radical (unpaired) electrons. The van der Waals surface area contributed by atoms with Crippen molar-refractivity contribution in [2.24, 2.45) is 0 Å². The van der Waals surface area contributed by atoms with Crippen molar-refractivity contribution in [2.75, 3.05) is 7.11 Å². The molecule has 0 saturated heterocycles. The Kier molecular flexibility index (Phi) is 6.50. The molecular weight excluding hydrogens is 404 g/mol. The van der Waals surface area contributed by atoms with E-state index in [9.17, 15) is 0 Å². The molecule has 5 rings (SSSR count). The van der Waals surface area contributed by atoms with Gasteiger partial charge in [0.25, 0.3) is 0 Å². The summed E-state index contributed by atoms with van der Waals surface area (Å²) in [5.74, 6) is 0.990. The van der Waals surface area contributed by atoms with Crippen LogP contribution in [0.5, 0.6) is 5.75 Å². The average Bonchev–Trinajstić information content (AvgIpc) is 2.87. The van der Waals surface area contributed by atoms with Crippen LogP contribution in [0.2, 0.25) is 0 Å². The zero-order chi connectivity index (χ0) is 22.8. The second-order valence-electron chi connectivity index (χ2n) is 9.48. The summed E-state index contributed by atoms with van der Waals surface area (Å²) < 4.78 is 6.03. The lowest BCUT2D eigenvalue weighted by molar-refractivity contribution is 0.345. The van der Waals surface area contributed by atoms with Crippen LogP contribution in [0.1, 0.15) is 85.1 Å². The van der Waals surface area contributed by atoms with Crippen molar-refractivity contribution < 1.29 is 4.74 Å². The van der Waals surface area contributed by atoms with Gasteiger partial charge in [-0.3, -0.25) is 4.98 Å². The first-order valence-electron chi connectivity index (χ1n) is 12.8. The van der Waals surface area contributed by atoms with Crippen LogP contribution in [-0.4, -0.2) is 12.1 Å². The standard InChI is InChI=1S/C30H36N2O/c1-4-20-12-8-13-21(5-2)29(20)27-19-28(33-3)30-25(17-10-18-26(30)32-27)31-24-16-9-14-22-11-6-7-15-23(22)24/h6-8,11-13,15,19,24-25,31H,4-5,9-10,14,16-18H2,1-3H3/t24-,25?/m1/s1. The number of nitrogens with zero attached hydrogens (tertiary/aromatic N) is 1. The topological polar surface area (TPSA) is 34.1 Å². The Morgan fingerprint density at radius 1 is 0.909 bits per heavy atom. The van der Waals surface area contributed by atoms with Gasteiger partial charge in [0.05, 0.1) is 12.8 Å². The summed E-state index contributed by atoms with van der Waals surface area (Å²) in [5.41, 5.74) is 10.6. The molecule has 1 N–H and O–H groups in total. The first-order valence-corrected chi connectivity index (χ1v) is 12.8. The Labute approximate surface area is 198 Å². The number of hydrogen-bond acceptors (Lipinski definition) is 3. The van der Waals surface area contributed by atoms with Crippen molar-refractivity contribution in [2.45, 2.75) is 77.3 Å². The minimum absolute atomic E-state index is 0.286. The van der Waals surface area contributed by atoms with E-state index in [0.717, 1.165) is 43.5 Å². The van der Waals surface area contributed by atoms with Crippen LogP contribution in [0, 0.1) is 0 Å². The highest BCUT2D eigenvalue weighted by Crippen LogP contribution is 2.41. The maximum absolute atomic E-state index is 6.03. The molecule has 3 heteroatoms. The van der Waals surface area contributed by atoms with Crippen molar-refractivity contribution in [3.8, 4) is 17.0 Å². The monoisotopic (exact) mass is 440 g/mol. The highest BCUT2D eigenvalue weighted by atomic mass is 16.5. The van der Waals surface area contributed by atoms with Crippen LogP contribution < -0.4 is 10.1 Å². The number of ether oxygens (including phenoxy) is 1. The van der Waals surface area contributed by atoms with E-state index in [2.05, 4.69) is 67.7 Å². The number of aromatic nitrogens is 1. The molecule has 3 aromatic rings. The van der Waals surface area contributed by atoms with Gasteiger partial charge in [-0.1, -0.05) is 56.3 Å². The first kappa shape index (κ1) is 22.2. The Morgan fingerprint density at radius 3 is 2.39 bits per heavy atom. The van der Waals surface area contributed by atoms with E-state index in [1.807, 2.05) is 7.11 Å². The molecule has 172 valence electrons. The number of fused-ring (bicyclic) bond motifs is 2. The molecule has 2 aromatic carbocycles. The molecule has 0 fully saturated rings. The minimum Gasteiger partial charge on any atom is -0.496 e. The van der Waals surface area contributed by atoms with Gasteiger partial charge in [-0.25, -0.2) is 0 Å². The Hall–Kier alpha value is -2.65. The zero-order valence-corrected chi connectivity index (χ0v) is 20.3. The summed E-state index contributed by atoms with van der Waals surface area (Å²) in [7, 11) is 1.81. The summed E-state index contributed by atoms with van der Waals surface area (Å²) in [6, 6.07) is 18.5. The fourth-order valence-electron chi connectivity index (χ4n) is 5.97. The number of rotatable bonds is 6. The van der Waals surface area contributed by atoms with Gasteiger partial charge >= 0.3 is 0 Å². The predicted molar refractivity (Wildman–Crippen MR) is 136 cm³/mol. The van der Waals surface area contributed by atoms with Crippen LogP contribution in [0.15, 0.2) is 48.5 Å². The third-order valence-electron chi connectivity index (χ3n) is 7.60. The van der Waals surface area contributed by atoms with Gasteiger partial charge < -0.3 is 10.1 Å². The van der Waals surface area contributed by atoms with Gasteiger partial charge in [0.1, 0.15) is 5.75 Å². The summed E-state index contributed by atoms with van der Waals surface area (Å²) in [4.78, 5) is 5.28. The number of benzene rings is 2. The van der Waals surface area contributed by atoms with Gasteiger partial charge in [0, 0.05) is 35.0 Å². The molecular formula is C30H36N2O. The number of methoxy groups -OCH3 is 1. The molecule has 33 heavy (non-hydrogen) atoms. The van der Waals surface area contributed by atoms with Crippen LogP contribution in [0.25, 0.3) is 11.3 Å². The van der Waals surface area contributed by atoms with Crippen molar-refractivity contribution in [3.63, 3.8) is 0 Å². The fraction of sp³-hybridized carbons (Fsp3) is 0.433. The molecule has 2 atom stereocenters. The van der Waals surface area contributed by atoms with E-state index < -0.39 is 0 Å². The maximum atomic E-state index is 6.03. The van der Waals surface area contributed by atoms with E-state index in [4.69, 9.17) is 9.72 Å². The third kappa shape index (κ3) is 4.19. The molecule has 0 spiro atoms. The summed E-state index contributed by atoms with van der Waals surface area (Å²) in [5, 5.41) is 4.03. The van der Waals surface area contributed by atoms with Crippen molar-refractivity contribution in [1.29, 1.82) is 0 Å². The first-order chi connectivity index (χ1) is 16.2. The van der Waals surface area contributed by atoms with Crippen molar-refractivity contribution >= 4 is 0 Å². The molecule has 1 aromatic heterocycles. The SMILES string of the molecule is CCc1cccc(CC)c1-c1cc(OC)c2c(n1)CCCC2N[C@@H]1CCCc2ccccc21. The molecule has 1 heterocycles. The van der Waals surface area contributed by atoms with Crippen molar-refractivity contribution in [3.05, 3.63) is 82.0 Å². The summed E-state index contributed by atoms with van der Waals surface area (Å²) >= 11 is 0. The van der Waals surface area contributed by atoms with Crippen LogP contribution in [0.3, 0.4) is 0 Å². The molecule has 0 amide bonds. The van der Waals surface area contributed by atoms with Gasteiger partial charge in [-0.15, -0.1) is 0 Å². The molecule has 0 bridgehead atoms. The Morgan fingerprint density at radius 2 is 1.64 bits per heavy atom. The van der Waals surface area contributed by atoms with Gasteiger partial charge in [0.15, 0.2) is 0 Å². The van der Waals surface area contributed by atoms with Gasteiger partial charge in [-0.05, 0) is 73.6 Å². The van der Waals surface area contributed by atoms with E-state index in [-0.39, 0.29) is 6.04 Å². The molecule has 1 unspecified atom stereocenters. The third-order valence-corrected chi connectivity index (χ3v) is 7.60. The molecule has 2 aliphatic carbocycles. The Balaban J connectivity index is 1.54. The summed E-state index contributed by atoms with van der Waals surface area (Å²) in [6.07, 6.45) is 8.97. The molecule has 0 saturated carbocycles. The van der Waals surface area contributed by atoms with E-state index in [1.165, 1.54) is 58.3 Å². The van der Waals surface area contributed by atoms with Gasteiger partial charge in [-0.2, -0.15) is 0 Å². The fourth-order valence-corrected chi connectivity index (χ4v) is 5.97. The second-order valence-corrected chi connectivity index (χ2v) is 9.48. The highest BCUT2D eigenvalue weighted by Gasteiger charge is 2.30. The quantitative estimate of drug-likeness (QED) is 0.451. The maximum Gasteiger partial charge on any atom is 0.127 e. The highest BCUT2D eigenvalue weighted by molar-refractivity contribution is 5.70.